The van der Waals surface area contributed by atoms with Crippen LogP contribution in [0.25, 0.3) is 0 Å². The van der Waals surface area contributed by atoms with Crippen molar-refractivity contribution in [2.45, 2.75) is 12.2 Å². The lowest BCUT2D eigenvalue weighted by Crippen LogP contribution is -2.03. The van der Waals surface area contributed by atoms with Crippen LogP contribution in [0.3, 0.4) is 0 Å². The smallest absolute Gasteiger partial charge is 0.123 e. The molecule has 4 heteroatoms. The number of rotatable bonds is 9. The normalized spacial score (nSPS) is 11.1. The van der Waals surface area contributed by atoms with Gasteiger partial charge in [0.25, 0.3) is 0 Å². The fourth-order valence-corrected chi connectivity index (χ4v) is 4.56. The first-order valence-corrected chi connectivity index (χ1v) is 11.8. The molecule has 4 aromatic carbocycles. The molecule has 30 heavy (non-hydrogen) atoms. The maximum atomic E-state index is 6.19. The lowest BCUT2D eigenvalue weighted by Gasteiger charge is -2.19. The van der Waals surface area contributed by atoms with Crippen molar-refractivity contribution >= 4 is 22.1 Å². The molecule has 0 fully saturated rings. The molecule has 0 amide bonds. The molecule has 2 nitrogen and oxygen atoms in total. The Bertz CT molecular complexity index is 832. The summed E-state index contributed by atoms with van der Waals surface area (Å²) in [5, 5.41) is 0. The Morgan fingerprint density at radius 3 is 0.833 bits per heavy atom. The minimum absolute atomic E-state index is 0.166. The second-order valence-electron chi connectivity index (χ2n) is 6.73. The maximum absolute atomic E-state index is 6.19. The van der Waals surface area contributed by atoms with Crippen LogP contribution in [0.15, 0.2) is 121 Å². The Balaban J connectivity index is 1.45. The zero-order chi connectivity index (χ0) is 20.4. The number of benzene rings is 4. The Kier molecular flexibility index (Phi) is 7.64. The highest BCUT2D eigenvalue weighted by molar-refractivity contribution is 8.73. The molecule has 0 atom stereocenters. The summed E-state index contributed by atoms with van der Waals surface area (Å²) in [5.74, 6) is 0. The molecular weight excluding hydrogens is 408 g/mol. The maximum Gasteiger partial charge on any atom is 0.123 e. The molecule has 0 heterocycles. The quantitative estimate of drug-likeness (QED) is 0.153. The molecule has 4 aromatic rings. The van der Waals surface area contributed by atoms with Crippen molar-refractivity contribution in [1.29, 1.82) is 0 Å². The van der Waals surface area contributed by atoms with Crippen LogP contribution in [0, 0.1) is 0 Å². The van der Waals surface area contributed by atoms with Crippen LogP contribution in [0.5, 0.6) is 0 Å². The summed E-state index contributed by atoms with van der Waals surface area (Å²) >= 11 is 2.53. The third kappa shape index (κ3) is 5.55. The summed E-state index contributed by atoms with van der Waals surface area (Å²) < 4.78 is 12.4. The third-order valence-electron chi connectivity index (χ3n) is 4.71. The second-order valence-corrected chi connectivity index (χ2v) is 8.20. The molecule has 0 aromatic heterocycles. The van der Waals surface area contributed by atoms with E-state index in [-0.39, 0.29) is 12.2 Å². The molecule has 0 saturated carbocycles. The van der Waals surface area contributed by atoms with Crippen LogP contribution in [-0.4, -0.2) is 0 Å². The summed E-state index contributed by atoms with van der Waals surface area (Å²) in [6.07, 6.45) is -0.333. The average Bonchev–Trinajstić information content (AvgIpc) is 2.84. The van der Waals surface area contributed by atoms with Gasteiger partial charge in [0.2, 0.25) is 0 Å². The van der Waals surface area contributed by atoms with E-state index >= 15 is 0 Å². The minimum atomic E-state index is -0.166. The van der Waals surface area contributed by atoms with Gasteiger partial charge in [-0.1, -0.05) is 121 Å². The van der Waals surface area contributed by atoms with Gasteiger partial charge in [-0.2, -0.15) is 0 Å². The molecule has 0 radical (unpaired) electrons. The molecule has 0 aliphatic heterocycles. The Morgan fingerprint density at radius 1 is 0.367 bits per heavy atom. The van der Waals surface area contributed by atoms with Crippen LogP contribution < -0.4 is 0 Å². The van der Waals surface area contributed by atoms with Crippen LogP contribution in [0.4, 0.5) is 0 Å². The second kappa shape index (κ2) is 11.0. The fraction of sp³-hybridized carbons (Fsp3) is 0.0769. The van der Waals surface area contributed by atoms with Gasteiger partial charge < -0.3 is 0 Å². The molecule has 0 aliphatic rings. The lowest BCUT2D eigenvalue weighted by molar-refractivity contribution is 0.288. The largest absolute Gasteiger partial charge is 0.290 e. The van der Waals surface area contributed by atoms with E-state index in [4.69, 9.17) is 8.37 Å². The highest BCUT2D eigenvalue weighted by Gasteiger charge is 2.18. The highest BCUT2D eigenvalue weighted by Crippen LogP contribution is 2.39. The Labute approximate surface area is 186 Å². The third-order valence-corrected chi connectivity index (χ3v) is 5.94. The minimum Gasteiger partial charge on any atom is -0.290 e. The predicted molar refractivity (Wildman–Crippen MR) is 127 cm³/mol. The van der Waals surface area contributed by atoms with E-state index in [1.54, 1.807) is 0 Å². The topological polar surface area (TPSA) is 18.5 Å². The van der Waals surface area contributed by atoms with Gasteiger partial charge in [0.1, 0.15) is 12.2 Å². The number of hydrogen-bond acceptors (Lipinski definition) is 4. The summed E-state index contributed by atoms with van der Waals surface area (Å²) in [6.45, 7) is 0. The van der Waals surface area contributed by atoms with E-state index in [9.17, 15) is 0 Å². The first kappa shape index (κ1) is 20.8. The van der Waals surface area contributed by atoms with Gasteiger partial charge in [0.15, 0.2) is 0 Å². The van der Waals surface area contributed by atoms with Gasteiger partial charge in [-0.3, -0.25) is 8.37 Å². The first-order chi connectivity index (χ1) is 14.9. The van der Waals surface area contributed by atoms with E-state index in [1.807, 2.05) is 72.8 Å². The van der Waals surface area contributed by atoms with Crippen molar-refractivity contribution < 1.29 is 8.37 Å². The molecule has 0 N–H and O–H groups in total. The van der Waals surface area contributed by atoms with E-state index in [0.717, 1.165) is 22.3 Å². The molecule has 0 saturated heterocycles. The van der Waals surface area contributed by atoms with Crippen molar-refractivity contribution in [3.63, 3.8) is 0 Å². The molecule has 4 rings (SSSR count). The summed E-state index contributed by atoms with van der Waals surface area (Å²) in [4.78, 5) is 0. The van der Waals surface area contributed by atoms with Crippen LogP contribution in [0.1, 0.15) is 34.5 Å². The van der Waals surface area contributed by atoms with Gasteiger partial charge in [-0.05, 0) is 22.3 Å². The van der Waals surface area contributed by atoms with Gasteiger partial charge in [0, 0.05) is 0 Å². The Hall–Kier alpha value is -2.50. The first-order valence-electron chi connectivity index (χ1n) is 9.77. The van der Waals surface area contributed by atoms with Crippen molar-refractivity contribution in [2.24, 2.45) is 0 Å². The van der Waals surface area contributed by atoms with Gasteiger partial charge in [0.05, 0.1) is 22.1 Å². The monoisotopic (exact) mass is 430 g/mol. The Morgan fingerprint density at radius 2 is 0.600 bits per heavy atom. The van der Waals surface area contributed by atoms with Crippen molar-refractivity contribution in [3.05, 3.63) is 144 Å². The predicted octanol–water partition coefficient (Wildman–Crippen LogP) is 7.81. The van der Waals surface area contributed by atoms with Gasteiger partial charge in [-0.15, -0.1) is 0 Å². The molecular formula is C26H22O2S2. The molecule has 0 bridgehead atoms. The van der Waals surface area contributed by atoms with E-state index in [1.165, 1.54) is 22.1 Å². The standard InChI is InChI=1S/C26H22O2S2/c1-5-13-21(14-6-1)25(22-15-7-2-8-16-22)27-29-30-28-26(23-17-9-3-10-18-23)24-19-11-4-12-20-24/h1-20,25-26H. The average molecular weight is 431 g/mol. The van der Waals surface area contributed by atoms with Crippen molar-refractivity contribution in [2.75, 3.05) is 0 Å². The molecule has 150 valence electrons. The van der Waals surface area contributed by atoms with Gasteiger partial charge >= 0.3 is 0 Å². The van der Waals surface area contributed by atoms with Crippen molar-refractivity contribution in [1.82, 2.24) is 0 Å². The van der Waals surface area contributed by atoms with E-state index in [2.05, 4.69) is 48.5 Å². The highest BCUT2D eigenvalue weighted by atomic mass is 33.1. The van der Waals surface area contributed by atoms with Crippen LogP contribution in [-0.2, 0) is 8.37 Å². The fourth-order valence-electron chi connectivity index (χ4n) is 3.23. The summed E-state index contributed by atoms with van der Waals surface area (Å²) in [7, 11) is 0. The summed E-state index contributed by atoms with van der Waals surface area (Å²) in [6, 6.07) is 41.0. The van der Waals surface area contributed by atoms with E-state index in [0.29, 0.717) is 0 Å². The summed E-state index contributed by atoms with van der Waals surface area (Å²) in [5.41, 5.74) is 4.44. The molecule has 0 aliphatic carbocycles. The zero-order valence-electron chi connectivity index (χ0n) is 16.3. The van der Waals surface area contributed by atoms with Crippen LogP contribution >= 0.6 is 22.1 Å². The van der Waals surface area contributed by atoms with Gasteiger partial charge in [-0.25, -0.2) is 0 Å². The van der Waals surface area contributed by atoms with E-state index < -0.39 is 0 Å². The SMILES string of the molecule is c1ccc(C(OSSOC(c2ccccc2)c2ccccc2)c2ccccc2)cc1. The van der Waals surface area contributed by atoms with Crippen LogP contribution in [0.2, 0.25) is 0 Å². The molecule has 0 spiro atoms. The zero-order valence-corrected chi connectivity index (χ0v) is 18.0. The van der Waals surface area contributed by atoms with Crippen molar-refractivity contribution in [3.8, 4) is 0 Å². The number of hydrogen-bond donors (Lipinski definition) is 0. The molecule has 0 unspecified atom stereocenters. The lowest BCUT2D eigenvalue weighted by atomic mass is 10.0.